The molecule has 0 amide bonds. The van der Waals surface area contributed by atoms with E-state index in [1.165, 1.54) is 4.88 Å². The molecule has 0 bridgehead atoms. The fourth-order valence-electron chi connectivity index (χ4n) is 2.62. The molecule has 1 saturated carbocycles. The van der Waals surface area contributed by atoms with Crippen molar-refractivity contribution in [3.8, 4) is 0 Å². The zero-order valence-corrected chi connectivity index (χ0v) is 11.6. The van der Waals surface area contributed by atoms with E-state index in [0.717, 1.165) is 36.4 Å². The fraction of sp³-hybridized carbons (Fsp3) is 0.769. The Bertz CT molecular complexity index is 363. The highest BCUT2D eigenvalue weighted by atomic mass is 32.1. The lowest BCUT2D eigenvalue weighted by atomic mass is 9.92. The number of nitrogens with zero attached hydrogens (tertiary/aromatic N) is 1. The highest BCUT2D eigenvalue weighted by Gasteiger charge is 2.41. The summed E-state index contributed by atoms with van der Waals surface area (Å²) in [5.41, 5.74) is 0.753. The molecule has 3 nitrogen and oxygen atoms in total. The Balaban J connectivity index is 2.07. The summed E-state index contributed by atoms with van der Waals surface area (Å²) in [6.45, 7) is 4.09. The van der Waals surface area contributed by atoms with Gasteiger partial charge in [0, 0.05) is 18.4 Å². The van der Waals surface area contributed by atoms with Gasteiger partial charge in [0.2, 0.25) is 0 Å². The first-order valence-corrected chi connectivity index (χ1v) is 7.05. The third-order valence-electron chi connectivity index (χ3n) is 3.90. The molecular formula is C13H21NO2S. The van der Waals surface area contributed by atoms with E-state index in [-0.39, 0.29) is 5.60 Å². The molecule has 1 N–H and O–H groups in total. The monoisotopic (exact) mass is 255 g/mol. The smallest absolute Gasteiger partial charge is 0.0957 e. The molecule has 1 aliphatic rings. The highest BCUT2D eigenvalue weighted by Crippen LogP contribution is 2.37. The van der Waals surface area contributed by atoms with Gasteiger partial charge in [-0.25, -0.2) is 4.98 Å². The van der Waals surface area contributed by atoms with Crippen LogP contribution in [0, 0.1) is 13.8 Å². The van der Waals surface area contributed by atoms with E-state index in [1.54, 1.807) is 18.4 Å². The second-order valence-electron chi connectivity index (χ2n) is 4.95. The summed E-state index contributed by atoms with van der Waals surface area (Å²) >= 11 is 1.68. The number of aryl methyl sites for hydroxylation is 2. The number of hydrogen-bond donors (Lipinski definition) is 1. The van der Waals surface area contributed by atoms with Gasteiger partial charge in [-0.3, -0.25) is 0 Å². The Morgan fingerprint density at radius 2 is 2.06 bits per heavy atom. The maximum absolute atomic E-state index is 10.4. The van der Waals surface area contributed by atoms with Crippen LogP contribution in [0.2, 0.25) is 0 Å². The zero-order chi connectivity index (χ0) is 12.5. The van der Waals surface area contributed by atoms with E-state index in [2.05, 4.69) is 11.9 Å². The van der Waals surface area contributed by atoms with Gasteiger partial charge in [0.05, 0.1) is 22.4 Å². The molecule has 1 aliphatic carbocycles. The number of thiazole rings is 1. The molecule has 1 fully saturated rings. The Morgan fingerprint density at radius 1 is 1.41 bits per heavy atom. The predicted molar refractivity (Wildman–Crippen MR) is 69.5 cm³/mol. The van der Waals surface area contributed by atoms with E-state index in [1.807, 2.05) is 6.92 Å². The van der Waals surface area contributed by atoms with Crippen molar-refractivity contribution in [1.82, 2.24) is 4.98 Å². The van der Waals surface area contributed by atoms with Gasteiger partial charge in [0.15, 0.2) is 0 Å². The quantitative estimate of drug-likeness (QED) is 0.899. The third-order valence-corrected chi connectivity index (χ3v) is 5.00. The molecule has 17 heavy (non-hydrogen) atoms. The van der Waals surface area contributed by atoms with Crippen molar-refractivity contribution in [3.63, 3.8) is 0 Å². The molecule has 0 radical (unpaired) electrons. The maximum atomic E-state index is 10.4. The lowest BCUT2D eigenvalue weighted by Gasteiger charge is -2.32. The molecule has 1 unspecified atom stereocenters. The van der Waals surface area contributed by atoms with Crippen molar-refractivity contribution in [2.24, 2.45) is 0 Å². The maximum Gasteiger partial charge on any atom is 0.0957 e. The standard InChI is InChI=1S/C13H21NO2S/c1-9-10(2)17-12(14-9)8-11(15)13(16-3)6-4-5-7-13/h11,15H,4-8H2,1-3H3. The van der Waals surface area contributed by atoms with Crippen LogP contribution in [-0.2, 0) is 11.2 Å². The van der Waals surface area contributed by atoms with Gasteiger partial charge in [-0.1, -0.05) is 12.8 Å². The first-order valence-electron chi connectivity index (χ1n) is 6.23. The van der Waals surface area contributed by atoms with Gasteiger partial charge in [0.25, 0.3) is 0 Å². The summed E-state index contributed by atoms with van der Waals surface area (Å²) in [5, 5.41) is 11.4. The van der Waals surface area contributed by atoms with Crippen molar-refractivity contribution in [2.75, 3.05) is 7.11 Å². The number of methoxy groups -OCH3 is 1. The van der Waals surface area contributed by atoms with Crippen LogP contribution in [0.1, 0.15) is 41.3 Å². The average molecular weight is 255 g/mol. The minimum atomic E-state index is -0.431. The molecule has 1 aromatic rings. The summed E-state index contributed by atoms with van der Waals surface area (Å²) in [5.74, 6) is 0. The second-order valence-corrected chi connectivity index (χ2v) is 6.23. The minimum absolute atomic E-state index is 0.326. The van der Waals surface area contributed by atoms with Crippen molar-refractivity contribution in [1.29, 1.82) is 0 Å². The van der Waals surface area contributed by atoms with Crippen LogP contribution in [0.3, 0.4) is 0 Å². The minimum Gasteiger partial charge on any atom is -0.390 e. The van der Waals surface area contributed by atoms with Gasteiger partial charge in [-0.05, 0) is 26.7 Å². The summed E-state index contributed by atoms with van der Waals surface area (Å²) in [6.07, 6.45) is 4.43. The third kappa shape index (κ3) is 2.54. The lowest BCUT2D eigenvalue weighted by Crippen LogP contribution is -2.42. The van der Waals surface area contributed by atoms with Crippen LogP contribution in [0.5, 0.6) is 0 Å². The summed E-state index contributed by atoms with van der Waals surface area (Å²) in [4.78, 5) is 5.73. The Morgan fingerprint density at radius 3 is 2.53 bits per heavy atom. The van der Waals surface area contributed by atoms with Crippen LogP contribution >= 0.6 is 11.3 Å². The van der Waals surface area contributed by atoms with Crippen LogP contribution < -0.4 is 0 Å². The number of rotatable bonds is 4. The zero-order valence-electron chi connectivity index (χ0n) is 10.8. The first kappa shape index (κ1) is 13.0. The van der Waals surface area contributed by atoms with E-state index in [4.69, 9.17) is 4.74 Å². The molecule has 0 saturated heterocycles. The van der Waals surface area contributed by atoms with Crippen molar-refractivity contribution in [2.45, 2.75) is 57.7 Å². The first-order chi connectivity index (χ1) is 8.07. The molecule has 1 heterocycles. The Hall–Kier alpha value is -0.450. The molecule has 0 spiro atoms. The van der Waals surface area contributed by atoms with E-state index < -0.39 is 6.10 Å². The number of aromatic nitrogens is 1. The molecule has 0 aromatic carbocycles. The van der Waals surface area contributed by atoms with E-state index >= 15 is 0 Å². The van der Waals surface area contributed by atoms with Crippen LogP contribution in [0.4, 0.5) is 0 Å². The van der Waals surface area contributed by atoms with Gasteiger partial charge in [0.1, 0.15) is 0 Å². The Labute approximate surface area is 107 Å². The molecule has 96 valence electrons. The SMILES string of the molecule is COC1(C(O)Cc2nc(C)c(C)s2)CCCC1. The molecule has 0 aliphatic heterocycles. The van der Waals surface area contributed by atoms with Crippen molar-refractivity contribution < 1.29 is 9.84 Å². The van der Waals surface area contributed by atoms with Crippen LogP contribution in [0.25, 0.3) is 0 Å². The van der Waals surface area contributed by atoms with Crippen molar-refractivity contribution in [3.05, 3.63) is 15.6 Å². The van der Waals surface area contributed by atoms with Gasteiger partial charge >= 0.3 is 0 Å². The van der Waals surface area contributed by atoms with Gasteiger partial charge in [-0.15, -0.1) is 11.3 Å². The lowest BCUT2D eigenvalue weighted by molar-refractivity contribution is -0.0971. The highest BCUT2D eigenvalue weighted by molar-refractivity contribution is 7.11. The van der Waals surface area contributed by atoms with Gasteiger partial charge in [-0.2, -0.15) is 0 Å². The molecular weight excluding hydrogens is 234 g/mol. The molecule has 4 heteroatoms. The number of aliphatic hydroxyl groups is 1. The summed E-state index contributed by atoms with van der Waals surface area (Å²) < 4.78 is 5.60. The van der Waals surface area contributed by atoms with Crippen LogP contribution in [-0.4, -0.2) is 28.9 Å². The normalized spacial score (nSPS) is 20.7. The fourth-order valence-corrected chi connectivity index (χ4v) is 3.60. The molecule has 2 rings (SSSR count). The Kier molecular flexibility index (Phi) is 3.85. The number of ether oxygens (including phenoxy) is 1. The van der Waals surface area contributed by atoms with E-state index in [0.29, 0.717) is 6.42 Å². The molecule has 1 aromatic heterocycles. The molecule has 1 atom stereocenters. The topological polar surface area (TPSA) is 42.4 Å². The largest absolute Gasteiger partial charge is 0.390 e. The van der Waals surface area contributed by atoms with Gasteiger partial charge < -0.3 is 9.84 Å². The predicted octanol–water partition coefficient (Wildman–Crippen LogP) is 2.62. The summed E-state index contributed by atoms with van der Waals surface area (Å²) in [6, 6.07) is 0. The summed E-state index contributed by atoms with van der Waals surface area (Å²) in [7, 11) is 1.72. The number of hydrogen-bond acceptors (Lipinski definition) is 4. The van der Waals surface area contributed by atoms with Crippen molar-refractivity contribution >= 4 is 11.3 Å². The van der Waals surface area contributed by atoms with E-state index in [9.17, 15) is 5.11 Å². The number of aliphatic hydroxyl groups excluding tert-OH is 1. The second kappa shape index (κ2) is 5.04. The average Bonchev–Trinajstić information content (AvgIpc) is 2.88. The van der Waals surface area contributed by atoms with Crippen LogP contribution in [0.15, 0.2) is 0 Å².